The van der Waals surface area contributed by atoms with Gasteiger partial charge in [-0.1, -0.05) is 18.3 Å². The molecular weight excluding hydrogens is 396 g/mol. The highest BCUT2D eigenvalue weighted by Gasteiger charge is 2.37. The average molecular weight is 412 g/mol. The Kier molecular flexibility index (Phi) is 4.58. The van der Waals surface area contributed by atoms with Crippen LogP contribution in [-0.2, 0) is 12.8 Å². The number of aliphatic imine (C=N–C) groups is 1. The summed E-state index contributed by atoms with van der Waals surface area (Å²) in [6, 6.07) is 3.13. The van der Waals surface area contributed by atoms with Crippen molar-refractivity contribution >= 4 is 39.3 Å². The molecule has 1 aromatic heterocycles. The van der Waals surface area contributed by atoms with Crippen LogP contribution in [0.4, 0.5) is 22.6 Å². The van der Waals surface area contributed by atoms with E-state index in [2.05, 4.69) is 10.3 Å². The summed E-state index contributed by atoms with van der Waals surface area (Å²) in [5, 5.41) is 3.60. The van der Waals surface area contributed by atoms with Crippen LogP contribution < -0.4 is 5.32 Å². The molecule has 1 aliphatic carbocycles. The Morgan fingerprint density at radius 1 is 1.22 bits per heavy atom. The minimum atomic E-state index is -2.79. The van der Waals surface area contributed by atoms with E-state index >= 15 is 0 Å². The van der Waals surface area contributed by atoms with Crippen LogP contribution in [-0.4, -0.2) is 22.7 Å². The van der Waals surface area contributed by atoms with Crippen molar-refractivity contribution in [1.82, 2.24) is 0 Å². The highest BCUT2D eigenvalue weighted by molar-refractivity contribution is 7.80. The van der Waals surface area contributed by atoms with Gasteiger partial charge in [-0.05, 0) is 37.5 Å². The number of alkyl halides is 2. The van der Waals surface area contributed by atoms with Crippen LogP contribution in [0.5, 0.6) is 0 Å². The summed E-state index contributed by atoms with van der Waals surface area (Å²) >= 11 is 6.50. The van der Waals surface area contributed by atoms with Gasteiger partial charge < -0.3 is 5.32 Å². The molecule has 1 atom stereocenters. The molecule has 0 saturated carbocycles. The van der Waals surface area contributed by atoms with E-state index in [9.17, 15) is 17.6 Å². The van der Waals surface area contributed by atoms with Crippen LogP contribution in [0.15, 0.2) is 23.2 Å². The molecule has 2 heterocycles. The number of halogens is 4. The van der Waals surface area contributed by atoms with Gasteiger partial charge in [0.1, 0.15) is 21.6 Å². The maximum absolute atomic E-state index is 14.5. The number of thiocarbonyl (C=S) groups is 1. The molecule has 0 bridgehead atoms. The molecule has 0 spiro atoms. The molecule has 2 aromatic rings. The Balaban J connectivity index is 1.98. The number of hydrogen-bond acceptors (Lipinski definition) is 3. The Hall–Kier alpha value is -1.80. The van der Waals surface area contributed by atoms with Gasteiger partial charge in [-0.2, -0.15) is 0 Å². The minimum absolute atomic E-state index is 0.142. The van der Waals surface area contributed by atoms with Crippen molar-refractivity contribution in [3.63, 3.8) is 0 Å². The van der Waals surface area contributed by atoms with E-state index in [1.165, 1.54) is 29.5 Å². The van der Waals surface area contributed by atoms with Crippen LogP contribution in [0.3, 0.4) is 0 Å². The summed E-state index contributed by atoms with van der Waals surface area (Å²) in [6.07, 6.45) is 0.133. The minimum Gasteiger partial charge on any atom is -0.339 e. The second-order valence-corrected chi connectivity index (χ2v) is 8.38. The summed E-state index contributed by atoms with van der Waals surface area (Å²) in [5.41, 5.74) is 1.10. The fraction of sp³-hybridized carbons (Fsp3) is 0.368. The number of rotatable bonds is 1. The predicted octanol–water partition coefficient (Wildman–Crippen LogP) is 5.52. The van der Waals surface area contributed by atoms with Crippen LogP contribution in [0.25, 0.3) is 0 Å². The highest BCUT2D eigenvalue weighted by atomic mass is 32.1. The number of hydrogen-bond donors (Lipinski definition) is 1. The molecule has 0 saturated heterocycles. The molecule has 2 nitrogen and oxygen atoms in total. The third-order valence-corrected chi connectivity index (χ3v) is 6.45. The fourth-order valence-corrected chi connectivity index (χ4v) is 5.11. The lowest BCUT2D eigenvalue weighted by Gasteiger charge is -2.12. The number of nitrogens with zero attached hydrogens (tertiary/aromatic N) is 1. The Morgan fingerprint density at radius 3 is 2.63 bits per heavy atom. The zero-order valence-corrected chi connectivity index (χ0v) is 16.0. The summed E-state index contributed by atoms with van der Waals surface area (Å²) in [4.78, 5) is 5.41. The standard InChI is InChI=1S/C19H16F4N2S2/c1-9-17(26)25-18-14(10-4-3-7-19(22,23)8-13(10)27-18)16(24-9)15-11(20)5-2-6-12(15)21/h2,5-6,9H,3-4,7-8H2,1H3,(H,25,26)/t9-/m0/s1. The first kappa shape index (κ1) is 18.6. The number of nitrogens with one attached hydrogen (secondary N) is 1. The predicted molar refractivity (Wildman–Crippen MR) is 104 cm³/mol. The van der Waals surface area contributed by atoms with E-state index in [-0.39, 0.29) is 24.1 Å². The summed E-state index contributed by atoms with van der Waals surface area (Å²) in [5.74, 6) is -4.26. The third-order valence-electron chi connectivity index (χ3n) is 4.85. The molecule has 1 N–H and O–H groups in total. The first-order valence-corrected chi connectivity index (χ1v) is 9.85. The maximum Gasteiger partial charge on any atom is 0.252 e. The molecule has 2 aliphatic rings. The molecule has 8 heteroatoms. The van der Waals surface area contributed by atoms with Gasteiger partial charge in [-0.15, -0.1) is 11.3 Å². The molecule has 27 heavy (non-hydrogen) atoms. The number of fused-ring (bicyclic) bond motifs is 3. The molecule has 0 amide bonds. The molecule has 4 rings (SSSR count). The zero-order chi connectivity index (χ0) is 19.3. The molecule has 1 aliphatic heterocycles. The Morgan fingerprint density at radius 2 is 1.93 bits per heavy atom. The van der Waals surface area contributed by atoms with E-state index in [1.54, 1.807) is 6.92 Å². The van der Waals surface area contributed by atoms with Crippen LogP contribution in [0.2, 0.25) is 0 Å². The van der Waals surface area contributed by atoms with Crippen molar-refractivity contribution in [3.8, 4) is 0 Å². The largest absolute Gasteiger partial charge is 0.339 e. The van der Waals surface area contributed by atoms with Crippen LogP contribution >= 0.6 is 23.6 Å². The summed E-state index contributed by atoms with van der Waals surface area (Å²) < 4.78 is 57.2. The fourth-order valence-electron chi connectivity index (χ4n) is 3.55. The van der Waals surface area contributed by atoms with Gasteiger partial charge in [-0.3, -0.25) is 4.99 Å². The Bertz CT molecular complexity index is 945. The summed E-state index contributed by atoms with van der Waals surface area (Å²) in [6.45, 7) is 1.73. The van der Waals surface area contributed by atoms with Crippen molar-refractivity contribution < 1.29 is 17.6 Å². The van der Waals surface area contributed by atoms with E-state index in [0.717, 1.165) is 0 Å². The Labute approximate surface area is 163 Å². The monoisotopic (exact) mass is 412 g/mol. The lowest BCUT2D eigenvalue weighted by Crippen LogP contribution is -2.20. The lowest BCUT2D eigenvalue weighted by molar-refractivity contribution is -0.00578. The normalized spacial score (nSPS) is 21.4. The van der Waals surface area contributed by atoms with Crippen molar-refractivity contribution in [2.75, 3.05) is 5.32 Å². The van der Waals surface area contributed by atoms with Gasteiger partial charge in [0.25, 0.3) is 5.92 Å². The molecular formula is C19H16F4N2S2. The van der Waals surface area contributed by atoms with Crippen molar-refractivity contribution in [2.45, 2.75) is 44.6 Å². The van der Waals surface area contributed by atoms with Gasteiger partial charge in [0.15, 0.2) is 0 Å². The maximum atomic E-state index is 14.5. The van der Waals surface area contributed by atoms with E-state index in [1.807, 2.05) is 0 Å². The van der Waals surface area contributed by atoms with E-state index < -0.39 is 23.6 Å². The number of anilines is 1. The first-order chi connectivity index (χ1) is 12.8. The third kappa shape index (κ3) is 3.29. The SMILES string of the molecule is C[C@@H]1N=C(c2c(F)cccc2F)c2c(sc3c2CCCC(F)(F)C3)NC1=S. The summed E-state index contributed by atoms with van der Waals surface area (Å²) in [7, 11) is 0. The van der Waals surface area contributed by atoms with Crippen LogP contribution in [0, 0.1) is 11.6 Å². The highest BCUT2D eigenvalue weighted by Crippen LogP contribution is 2.43. The van der Waals surface area contributed by atoms with Gasteiger partial charge in [0.2, 0.25) is 0 Å². The van der Waals surface area contributed by atoms with Crippen molar-refractivity contribution in [1.29, 1.82) is 0 Å². The number of thiophene rings is 1. The molecule has 0 radical (unpaired) electrons. The molecule has 0 unspecified atom stereocenters. The zero-order valence-electron chi connectivity index (χ0n) is 14.4. The smallest absolute Gasteiger partial charge is 0.252 e. The topological polar surface area (TPSA) is 24.4 Å². The van der Waals surface area contributed by atoms with Gasteiger partial charge in [0.05, 0.1) is 17.3 Å². The lowest BCUT2D eigenvalue weighted by atomic mass is 9.96. The first-order valence-electron chi connectivity index (χ1n) is 8.62. The van der Waals surface area contributed by atoms with Gasteiger partial charge in [0, 0.05) is 23.3 Å². The average Bonchev–Trinajstić information content (AvgIpc) is 2.73. The number of benzene rings is 1. The second kappa shape index (κ2) is 6.67. The van der Waals surface area contributed by atoms with Gasteiger partial charge >= 0.3 is 0 Å². The second-order valence-electron chi connectivity index (χ2n) is 6.83. The molecule has 0 fully saturated rings. The van der Waals surface area contributed by atoms with E-state index in [4.69, 9.17) is 12.2 Å². The molecule has 1 aromatic carbocycles. The van der Waals surface area contributed by atoms with Crippen LogP contribution in [0.1, 0.15) is 41.3 Å². The molecule has 142 valence electrons. The van der Waals surface area contributed by atoms with Crippen molar-refractivity contribution in [3.05, 3.63) is 51.4 Å². The van der Waals surface area contributed by atoms with E-state index in [0.29, 0.717) is 38.8 Å². The van der Waals surface area contributed by atoms with Gasteiger partial charge in [-0.25, -0.2) is 17.6 Å². The quantitative estimate of drug-likeness (QED) is 0.379. The van der Waals surface area contributed by atoms with Crippen molar-refractivity contribution in [2.24, 2.45) is 4.99 Å².